The molecule has 5 heteroatoms. The molecule has 1 saturated heterocycles. The molecule has 0 aliphatic carbocycles. The molecule has 0 spiro atoms. The van der Waals surface area contributed by atoms with E-state index in [1.807, 2.05) is 6.08 Å². The van der Waals surface area contributed by atoms with Crippen molar-refractivity contribution in [1.82, 2.24) is 15.5 Å². The third-order valence-corrected chi connectivity index (χ3v) is 4.23. The normalized spacial score (nSPS) is 16.0. The topological polar surface area (TPSA) is 39.7 Å². The van der Waals surface area contributed by atoms with Crippen molar-refractivity contribution < 1.29 is 0 Å². The molecule has 0 amide bonds. The summed E-state index contributed by atoms with van der Waals surface area (Å²) in [6.07, 6.45) is 7.30. The average Bonchev–Trinajstić information content (AvgIpc) is 2.85. The number of guanidine groups is 1. The van der Waals surface area contributed by atoms with Crippen molar-refractivity contribution in [2.75, 3.05) is 26.7 Å². The Kier molecular flexibility index (Phi) is 10.7. The van der Waals surface area contributed by atoms with E-state index in [1.165, 1.54) is 49.9 Å². The van der Waals surface area contributed by atoms with Gasteiger partial charge in [-0.05, 0) is 37.1 Å². The average molecular weight is 442 g/mol. The highest BCUT2D eigenvalue weighted by Crippen LogP contribution is 2.13. The van der Waals surface area contributed by atoms with Crippen LogP contribution < -0.4 is 10.6 Å². The Labute approximate surface area is 163 Å². The van der Waals surface area contributed by atoms with Crippen LogP contribution in [0.4, 0.5) is 0 Å². The lowest BCUT2D eigenvalue weighted by Crippen LogP contribution is -2.36. The molecule has 1 aromatic rings. The molecular formula is C19H31IN4. The van der Waals surface area contributed by atoms with E-state index in [9.17, 15) is 0 Å². The second kappa shape index (κ2) is 12.3. The summed E-state index contributed by atoms with van der Waals surface area (Å²) in [6, 6.07) is 8.92. The number of halogens is 1. The molecule has 1 heterocycles. The summed E-state index contributed by atoms with van der Waals surface area (Å²) in [6.45, 7) is 8.76. The lowest BCUT2D eigenvalue weighted by atomic mass is 10.1. The third-order valence-electron chi connectivity index (χ3n) is 4.23. The maximum absolute atomic E-state index is 4.18. The van der Waals surface area contributed by atoms with Crippen LogP contribution in [0.25, 0.3) is 0 Å². The van der Waals surface area contributed by atoms with Crippen molar-refractivity contribution in [3.63, 3.8) is 0 Å². The van der Waals surface area contributed by atoms with Gasteiger partial charge in [0.25, 0.3) is 0 Å². The Hall–Kier alpha value is -1.08. The van der Waals surface area contributed by atoms with E-state index >= 15 is 0 Å². The van der Waals surface area contributed by atoms with Gasteiger partial charge >= 0.3 is 0 Å². The minimum atomic E-state index is 0. The van der Waals surface area contributed by atoms with Gasteiger partial charge in [-0.25, -0.2) is 0 Å². The van der Waals surface area contributed by atoms with Gasteiger partial charge in [-0.1, -0.05) is 43.2 Å². The lowest BCUT2D eigenvalue weighted by Gasteiger charge is -2.20. The Morgan fingerprint density at radius 1 is 1.08 bits per heavy atom. The quantitative estimate of drug-likeness (QED) is 0.307. The number of nitrogens with one attached hydrogen (secondary N) is 2. The molecule has 0 radical (unpaired) electrons. The fraction of sp³-hybridized carbons (Fsp3) is 0.526. The predicted molar refractivity (Wildman–Crippen MR) is 114 cm³/mol. The molecule has 1 aromatic carbocycles. The molecule has 1 fully saturated rings. The Bertz CT molecular complexity index is 491. The molecule has 2 rings (SSSR count). The molecule has 4 nitrogen and oxygen atoms in total. The van der Waals surface area contributed by atoms with Crippen molar-refractivity contribution in [1.29, 1.82) is 0 Å². The maximum atomic E-state index is 4.18. The van der Waals surface area contributed by atoms with Crippen molar-refractivity contribution in [2.24, 2.45) is 4.99 Å². The number of aliphatic imine (C=N–C) groups is 1. The fourth-order valence-corrected chi connectivity index (χ4v) is 2.89. The lowest BCUT2D eigenvalue weighted by molar-refractivity contribution is 0.277. The molecule has 0 bridgehead atoms. The standard InChI is InChI=1S/C19H30N4.HI/c1-3-12-21-19(20-2)22-15-17-8-10-18(11-9-17)16-23-13-6-4-5-7-14-23;/h3,8-11H,1,4-7,12-16H2,2H3,(H2,20,21,22);1H. The number of nitrogens with zero attached hydrogens (tertiary/aromatic N) is 2. The van der Waals surface area contributed by atoms with Crippen molar-refractivity contribution in [2.45, 2.75) is 38.8 Å². The Balaban J connectivity index is 0.00000288. The molecule has 0 atom stereocenters. The SMILES string of the molecule is C=CCNC(=NC)NCc1ccc(CN2CCCCCC2)cc1.I. The monoisotopic (exact) mass is 442 g/mol. The van der Waals surface area contributed by atoms with E-state index in [-0.39, 0.29) is 24.0 Å². The van der Waals surface area contributed by atoms with Gasteiger partial charge in [-0.3, -0.25) is 9.89 Å². The number of hydrogen-bond acceptors (Lipinski definition) is 2. The van der Waals surface area contributed by atoms with Gasteiger partial charge in [-0.2, -0.15) is 0 Å². The maximum Gasteiger partial charge on any atom is 0.191 e. The number of rotatable bonds is 6. The molecule has 0 saturated carbocycles. The van der Waals surface area contributed by atoms with Gasteiger partial charge in [0.05, 0.1) is 0 Å². The summed E-state index contributed by atoms with van der Waals surface area (Å²) in [4.78, 5) is 6.77. The minimum absolute atomic E-state index is 0. The van der Waals surface area contributed by atoms with Crippen LogP contribution in [0.1, 0.15) is 36.8 Å². The van der Waals surface area contributed by atoms with E-state index in [0.29, 0.717) is 6.54 Å². The van der Waals surface area contributed by atoms with Gasteiger partial charge in [0, 0.05) is 26.7 Å². The molecule has 134 valence electrons. The summed E-state index contributed by atoms with van der Waals surface area (Å²) in [5.74, 6) is 0.804. The summed E-state index contributed by atoms with van der Waals surface area (Å²) in [5.41, 5.74) is 2.68. The van der Waals surface area contributed by atoms with E-state index in [1.54, 1.807) is 7.05 Å². The van der Waals surface area contributed by atoms with Gasteiger partial charge in [-0.15, -0.1) is 30.6 Å². The minimum Gasteiger partial charge on any atom is -0.353 e. The molecule has 2 N–H and O–H groups in total. The predicted octanol–water partition coefficient (Wildman–Crippen LogP) is 3.53. The van der Waals surface area contributed by atoms with Crippen molar-refractivity contribution in [3.8, 4) is 0 Å². The number of hydrogen-bond donors (Lipinski definition) is 2. The Morgan fingerprint density at radius 3 is 2.29 bits per heavy atom. The molecule has 24 heavy (non-hydrogen) atoms. The first-order valence-electron chi connectivity index (χ1n) is 8.67. The fourth-order valence-electron chi connectivity index (χ4n) is 2.89. The zero-order valence-electron chi connectivity index (χ0n) is 14.8. The van der Waals surface area contributed by atoms with E-state index in [2.05, 4.69) is 51.4 Å². The highest BCUT2D eigenvalue weighted by molar-refractivity contribution is 14.0. The number of likely N-dealkylation sites (tertiary alicyclic amines) is 1. The highest BCUT2D eigenvalue weighted by Gasteiger charge is 2.09. The first-order valence-corrected chi connectivity index (χ1v) is 8.67. The van der Waals surface area contributed by atoms with E-state index in [0.717, 1.165) is 19.0 Å². The number of benzene rings is 1. The van der Waals surface area contributed by atoms with E-state index < -0.39 is 0 Å². The molecule has 0 unspecified atom stereocenters. The molecule has 1 aliphatic rings. The highest BCUT2D eigenvalue weighted by atomic mass is 127. The summed E-state index contributed by atoms with van der Waals surface area (Å²) in [7, 11) is 1.78. The summed E-state index contributed by atoms with van der Waals surface area (Å²) < 4.78 is 0. The zero-order valence-corrected chi connectivity index (χ0v) is 17.1. The van der Waals surface area contributed by atoms with Gasteiger partial charge in [0.2, 0.25) is 0 Å². The van der Waals surface area contributed by atoms with Crippen LogP contribution in [0.2, 0.25) is 0 Å². The molecular weight excluding hydrogens is 411 g/mol. The first kappa shape index (κ1) is 21.0. The largest absolute Gasteiger partial charge is 0.353 e. The van der Waals surface area contributed by atoms with Crippen LogP contribution in [-0.4, -0.2) is 37.5 Å². The zero-order chi connectivity index (χ0) is 16.3. The van der Waals surface area contributed by atoms with Gasteiger partial charge in [0.1, 0.15) is 0 Å². The van der Waals surface area contributed by atoms with Crippen LogP contribution in [0.15, 0.2) is 41.9 Å². The van der Waals surface area contributed by atoms with Crippen LogP contribution in [-0.2, 0) is 13.1 Å². The molecule has 1 aliphatic heterocycles. The van der Waals surface area contributed by atoms with Crippen molar-refractivity contribution in [3.05, 3.63) is 48.0 Å². The smallest absolute Gasteiger partial charge is 0.191 e. The second-order valence-electron chi connectivity index (χ2n) is 6.10. The van der Waals surface area contributed by atoms with Crippen LogP contribution in [0.5, 0.6) is 0 Å². The summed E-state index contributed by atoms with van der Waals surface area (Å²) >= 11 is 0. The second-order valence-corrected chi connectivity index (χ2v) is 6.10. The first-order chi connectivity index (χ1) is 11.3. The van der Waals surface area contributed by atoms with Crippen LogP contribution in [0, 0.1) is 0 Å². The van der Waals surface area contributed by atoms with Gasteiger partial charge in [0.15, 0.2) is 5.96 Å². The van der Waals surface area contributed by atoms with E-state index in [4.69, 9.17) is 0 Å². The van der Waals surface area contributed by atoms with Crippen LogP contribution in [0.3, 0.4) is 0 Å². The third kappa shape index (κ3) is 7.66. The Morgan fingerprint density at radius 2 is 1.71 bits per heavy atom. The van der Waals surface area contributed by atoms with Gasteiger partial charge < -0.3 is 10.6 Å². The molecule has 0 aromatic heterocycles. The van der Waals surface area contributed by atoms with Crippen LogP contribution >= 0.6 is 24.0 Å². The van der Waals surface area contributed by atoms with Crippen molar-refractivity contribution >= 4 is 29.9 Å². The summed E-state index contributed by atoms with van der Waals surface area (Å²) in [5, 5.41) is 6.49.